The molecule has 0 atom stereocenters. The highest BCUT2D eigenvalue weighted by atomic mass is 35.5. The van der Waals surface area contributed by atoms with Crippen molar-refractivity contribution in [3.05, 3.63) is 40.9 Å². The van der Waals surface area contributed by atoms with Gasteiger partial charge in [-0.1, -0.05) is 31.5 Å². The first-order valence-electron chi connectivity index (χ1n) is 6.23. The van der Waals surface area contributed by atoms with Crippen LogP contribution in [0.2, 0.25) is 5.02 Å². The third-order valence-corrected chi connectivity index (χ3v) is 2.98. The number of hydrogen-bond acceptors (Lipinski definition) is 2. The molecule has 0 spiro atoms. The first-order chi connectivity index (χ1) is 8.99. The molecule has 0 aliphatic carbocycles. The number of aryl methyl sites for hydroxylation is 1. The van der Waals surface area contributed by atoms with Crippen LogP contribution in [0.1, 0.15) is 19.5 Å². The van der Waals surface area contributed by atoms with Gasteiger partial charge in [-0.3, -0.25) is 4.57 Å². The summed E-state index contributed by atoms with van der Waals surface area (Å²) in [4.78, 5) is 4.37. The van der Waals surface area contributed by atoms with Crippen LogP contribution in [0.4, 0.5) is 10.3 Å². The second-order valence-electron chi connectivity index (χ2n) is 4.92. The molecule has 0 fully saturated rings. The molecule has 2 rings (SSSR count). The maximum Gasteiger partial charge on any atom is 0.207 e. The highest BCUT2D eigenvalue weighted by Crippen LogP contribution is 2.24. The van der Waals surface area contributed by atoms with Crippen LogP contribution in [-0.2, 0) is 0 Å². The molecule has 0 aliphatic heterocycles. The van der Waals surface area contributed by atoms with Crippen molar-refractivity contribution in [2.45, 2.75) is 20.8 Å². The number of benzene rings is 1. The van der Waals surface area contributed by atoms with Gasteiger partial charge in [0.15, 0.2) is 5.82 Å². The first kappa shape index (κ1) is 13.9. The zero-order valence-electron chi connectivity index (χ0n) is 11.2. The second-order valence-corrected chi connectivity index (χ2v) is 5.33. The van der Waals surface area contributed by atoms with E-state index in [1.165, 1.54) is 6.07 Å². The molecule has 102 valence electrons. The lowest BCUT2D eigenvalue weighted by molar-refractivity contribution is 0.618. The van der Waals surface area contributed by atoms with E-state index in [-0.39, 0.29) is 5.02 Å². The van der Waals surface area contributed by atoms with Crippen molar-refractivity contribution in [3.63, 3.8) is 0 Å². The van der Waals surface area contributed by atoms with Crippen molar-refractivity contribution in [2.75, 3.05) is 11.9 Å². The van der Waals surface area contributed by atoms with Gasteiger partial charge in [-0.2, -0.15) is 0 Å². The van der Waals surface area contributed by atoms with Crippen molar-refractivity contribution < 1.29 is 4.39 Å². The molecule has 0 saturated carbocycles. The van der Waals surface area contributed by atoms with Crippen LogP contribution >= 0.6 is 11.6 Å². The third kappa shape index (κ3) is 3.07. The number of hydrogen-bond donors (Lipinski definition) is 1. The maximum absolute atomic E-state index is 14.1. The van der Waals surface area contributed by atoms with E-state index >= 15 is 0 Å². The highest BCUT2D eigenvalue weighted by molar-refractivity contribution is 6.30. The largest absolute Gasteiger partial charge is 0.355 e. The van der Waals surface area contributed by atoms with Crippen LogP contribution < -0.4 is 5.32 Å². The van der Waals surface area contributed by atoms with Gasteiger partial charge in [0, 0.05) is 12.7 Å². The van der Waals surface area contributed by atoms with Gasteiger partial charge in [0.05, 0.1) is 16.4 Å². The van der Waals surface area contributed by atoms with E-state index < -0.39 is 5.82 Å². The number of anilines is 1. The van der Waals surface area contributed by atoms with E-state index in [1.54, 1.807) is 22.9 Å². The summed E-state index contributed by atoms with van der Waals surface area (Å²) < 4.78 is 15.8. The van der Waals surface area contributed by atoms with Crippen LogP contribution in [0.3, 0.4) is 0 Å². The van der Waals surface area contributed by atoms with E-state index in [2.05, 4.69) is 24.1 Å². The Hall–Kier alpha value is -1.55. The van der Waals surface area contributed by atoms with Gasteiger partial charge < -0.3 is 5.32 Å². The predicted octanol–water partition coefficient (Wildman–Crippen LogP) is 4.04. The van der Waals surface area contributed by atoms with Crippen LogP contribution in [0.15, 0.2) is 24.4 Å². The summed E-state index contributed by atoms with van der Waals surface area (Å²) in [6.45, 7) is 6.86. The van der Waals surface area contributed by atoms with E-state index in [0.29, 0.717) is 17.6 Å². The number of halogens is 2. The van der Waals surface area contributed by atoms with E-state index in [4.69, 9.17) is 11.6 Å². The quantitative estimate of drug-likeness (QED) is 0.916. The monoisotopic (exact) mass is 281 g/mol. The molecule has 2 aromatic rings. The zero-order valence-corrected chi connectivity index (χ0v) is 12.0. The second kappa shape index (κ2) is 5.61. The number of nitrogens with one attached hydrogen (secondary N) is 1. The fraction of sp³-hybridized carbons (Fsp3) is 0.357. The molecular weight excluding hydrogens is 265 g/mol. The number of nitrogens with zero attached hydrogens (tertiary/aromatic N) is 2. The molecule has 0 amide bonds. The van der Waals surface area contributed by atoms with E-state index in [0.717, 1.165) is 12.2 Å². The summed E-state index contributed by atoms with van der Waals surface area (Å²) in [5.74, 6) is 0.677. The number of imidazole rings is 1. The Balaban J connectivity index is 2.41. The van der Waals surface area contributed by atoms with Gasteiger partial charge in [0.25, 0.3) is 0 Å². The minimum Gasteiger partial charge on any atom is -0.355 e. The van der Waals surface area contributed by atoms with Gasteiger partial charge in [0.1, 0.15) is 0 Å². The Kier molecular flexibility index (Phi) is 4.10. The van der Waals surface area contributed by atoms with Gasteiger partial charge in [-0.15, -0.1) is 0 Å². The van der Waals surface area contributed by atoms with Crippen molar-refractivity contribution in [1.82, 2.24) is 9.55 Å². The molecular formula is C14H17ClFN3. The van der Waals surface area contributed by atoms with Crippen molar-refractivity contribution in [1.29, 1.82) is 0 Å². The molecule has 0 bridgehead atoms. The van der Waals surface area contributed by atoms with Crippen LogP contribution in [-0.4, -0.2) is 16.1 Å². The summed E-state index contributed by atoms with van der Waals surface area (Å²) >= 11 is 5.82. The molecule has 0 unspecified atom stereocenters. The normalized spacial score (nSPS) is 11.1. The molecule has 1 heterocycles. The van der Waals surface area contributed by atoms with E-state index in [1.807, 2.05) is 6.92 Å². The Bertz CT molecular complexity index is 578. The van der Waals surface area contributed by atoms with Gasteiger partial charge in [-0.05, 0) is 25.0 Å². The lowest BCUT2D eigenvalue weighted by atomic mass is 10.2. The first-order valence-corrected chi connectivity index (χ1v) is 6.61. The summed E-state index contributed by atoms with van der Waals surface area (Å²) in [6.07, 6.45) is 1.79. The number of aromatic nitrogens is 2. The van der Waals surface area contributed by atoms with Gasteiger partial charge >= 0.3 is 0 Å². The summed E-state index contributed by atoms with van der Waals surface area (Å²) in [6, 6.07) is 4.94. The van der Waals surface area contributed by atoms with Crippen molar-refractivity contribution in [2.24, 2.45) is 5.92 Å². The molecule has 0 radical (unpaired) electrons. The Morgan fingerprint density at radius 2 is 2.16 bits per heavy atom. The minimum absolute atomic E-state index is 0.110. The summed E-state index contributed by atoms with van der Waals surface area (Å²) in [5, 5.41) is 3.33. The van der Waals surface area contributed by atoms with Crippen molar-refractivity contribution in [3.8, 4) is 5.69 Å². The fourth-order valence-corrected chi connectivity index (χ4v) is 1.95. The van der Waals surface area contributed by atoms with Crippen LogP contribution in [0.5, 0.6) is 0 Å². The highest BCUT2D eigenvalue weighted by Gasteiger charge is 2.13. The predicted molar refractivity (Wildman–Crippen MR) is 76.6 cm³/mol. The number of rotatable bonds is 4. The SMILES string of the molecule is Cc1cn(-c2cccc(Cl)c2F)c(NCC(C)C)n1. The maximum atomic E-state index is 14.1. The molecule has 0 saturated heterocycles. The lowest BCUT2D eigenvalue weighted by Crippen LogP contribution is -2.12. The Morgan fingerprint density at radius 3 is 2.84 bits per heavy atom. The van der Waals surface area contributed by atoms with Gasteiger partial charge in [0.2, 0.25) is 5.95 Å². The molecule has 0 aliphatic rings. The lowest BCUT2D eigenvalue weighted by Gasteiger charge is -2.12. The van der Waals surface area contributed by atoms with Crippen molar-refractivity contribution >= 4 is 17.5 Å². The Labute approximate surface area is 117 Å². The molecule has 1 aromatic heterocycles. The van der Waals surface area contributed by atoms with Crippen LogP contribution in [0.25, 0.3) is 5.69 Å². The molecule has 3 nitrogen and oxygen atoms in total. The topological polar surface area (TPSA) is 29.9 Å². The minimum atomic E-state index is -0.436. The third-order valence-electron chi connectivity index (χ3n) is 2.69. The smallest absolute Gasteiger partial charge is 0.207 e. The summed E-state index contributed by atoms with van der Waals surface area (Å²) in [5.41, 5.74) is 1.23. The fourth-order valence-electron chi connectivity index (χ4n) is 1.78. The van der Waals surface area contributed by atoms with E-state index in [9.17, 15) is 4.39 Å². The van der Waals surface area contributed by atoms with Crippen LogP contribution in [0, 0.1) is 18.7 Å². The Morgan fingerprint density at radius 1 is 1.42 bits per heavy atom. The average Bonchev–Trinajstić information content (AvgIpc) is 2.71. The van der Waals surface area contributed by atoms with Gasteiger partial charge in [-0.25, -0.2) is 9.37 Å². The zero-order chi connectivity index (χ0) is 14.0. The summed E-state index contributed by atoms with van der Waals surface area (Å²) in [7, 11) is 0. The standard InChI is InChI=1S/C14H17ClFN3/c1-9(2)7-17-14-18-10(3)8-19(14)12-6-4-5-11(15)13(12)16/h4-6,8-9H,7H2,1-3H3,(H,17,18). The molecule has 1 aromatic carbocycles. The molecule has 5 heteroatoms. The molecule has 19 heavy (non-hydrogen) atoms. The molecule has 1 N–H and O–H groups in total. The average molecular weight is 282 g/mol.